The van der Waals surface area contributed by atoms with Gasteiger partial charge < -0.3 is 4.74 Å². The van der Waals surface area contributed by atoms with Crippen LogP contribution in [0.3, 0.4) is 0 Å². The summed E-state index contributed by atoms with van der Waals surface area (Å²) in [7, 11) is 0. The van der Waals surface area contributed by atoms with Crippen LogP contribution < -0.4 is 0 Å². The van der Waals surface area contributed by atoms with Crippen molar-refractivity contribution in [2.24, 2.45) is 5.92 Å². The lowest BCUT2D eigenvalue weighted by Crippen LogP contribution is -2.03. The topological polar surface area (TPSA) is 9.23 Å². The molecule has 1 aromatic carbocycles. The van der Waals surface area contributed by atoms with E-state index in [1.54, 1.807) is 0 Å². The van der Waals surface area contributed by atoms with Gasteiger partial charge in [0.1, 0.15) is 0 Å². The first kappa shape index (κ1) is 9.59. The van der Waals surface area contributed by atoms with Crippen molar-refractivity contribution < 1.29 is 13.5 Å². The van der Waals surface area contributed by atoms with E-state index in [4.69, 9.17) is 4.74 Å². The smallest absolute Gasteiger partial charge is 0.253 e. The molecule has 14 heavy (non-hydrogen) atoms. The van der Waals surface area contributed by atoms with Gasteiger partial charge in [-0.25, -0.2) is 8.78 Å². The lowest BCUT2D eigenvalue weighted by molar-refractivity contribution is 0.0491. The molecular weight excluding hydrogens is 186 g/mol. The molecule has 0 amide bonds. The van der Waals surface area contributed by atoms with E-state index in [2.05, 4.69) is 0 Å². The van der Waals surface area contributed by atoms with E-state index in [1.807, 2.05) is 30.3 Å². The van der Waals surface area contributed by atoms with Gasteiger partial charge in [-0.2, -0.15) is 0 Å². The zero-order chi connectivity index (χ0) is 10.0. The highest BCUT2D eigenvalue weighted by atomic mass is 19.3. The molecule has 0 bridgehead atoms. The Morgan fingerprint density at radius 1 is 1.29 bits per heavy atom. The van der Waals surface area contributed by atoms with Crippen LogP contribution in [0.5, 0.6) is 0 Å². The van der Waals surface area contributed by atoms with Crippen molar-refractivity contribution >= 4 is 0 Å². The van der Waals surface area contributed by atoms with E-state index in [0.717, 1.165) is 5.56 Å². The number of hydrogen-bond donors (Lipinski definition) is 0. The van der Waals surface area contributed by atoms with Gasteiger partial charge in [0, 0.05) is 6.42 Å². The van der Waals surface area contributed by atoms with Gasteiger partial charge in [0.05, 0.1) is 19.1 Å². The quantitative estimate of drug-likeness (QED) is 0.722. The second-order valence-electron chi connectivity index (χ2n) is 3.66. The maximum absolute atomic E-state index is 12.4. The van der Waals surface area contributed by atoms with E-state index in [-0.39, 0.29) is 13.0 Å². The zero-order valence-corrected chi connectivity index (χ0v) is 7.75. The fourth-order valence-electron chi connectivity index (χ4n) is 1.34. The Hall–Kier alpha value is -0.960. The Labute approximate surface area is 81.7 Å². The van der Waals surface area contributed by atoms with Gasteiger partial charge >= 0.3 is 0 Å². The van der Waals surface area contributed by atoms with Gasteiger partial charge in [0.25, 0.3) is 5.92 Å². The Kier molecular flexibility index (Phi) is 2.50. The molecule has 1 fully saturated rings. The van der Waals surface area contributed by atoms with Crippen LogP contribution in [0.25, 0.3) is 0 Å². The normalized spacial score (nSPS) is 23.4. The predicted octanol–water partition coefficient (Wildman–Crippen LogP) is 2.86. The predicted molar refractivity (Wildman–Crippen MR) is 49.2 cm³/mol. The van der Waals surface area contributed by atoms with E-state index >= 15 is 0 Å². The van der Waals surface area contributed by atoms with Crippen LogP contribution in [-0.4, -0.2) is 12.5 Å². The van der Waals surface area contributed by atoms with Crippen LogP contribution >= 0.6 is 0 Å². The Balaban J connectivity index is 1.69. The van der Waals surface area contributed by atoms with E-state index in [0.29, 0.717) is 6.61 Å². The summed E-state index contributed by atoms with van der Waals surface area (Å²) in [6.45, 7) is 0.593. The van der Waals surface area contributed by atoms with Gasteiger partial charge in [-0.05, 0) is 5.56 Å². The highest BCUT2D eigenvalue weighted by Crippen LogP contribution is 2.48. The molecule has 1 aliphatic rings. The third-order valence-electron chi connectivity index (χ3n) is 2.39. The molecule has 0 aromatic heterocycles. The van der Waals surface area contributed by atoms with Crippen molar-refractivity contribution in [3.05, 3.63) is 35.9 Å². The maximum Gasteiger partial charge on any atom is 0.253 e. The van der Waals surface area contributed by atoms with Crippen molar-refractivity contribution in [2.45, 2.75) is 19.0 Å². The average molecular weight is 198 g/mol. The summed E-state index contributed by atoms with van der Waals surface area (Å²) in [6, 6.07) is 9.57. The van der Waals surface area contributed by atoms with Gasteiger partial charge in [0.2, 0.25) is 0 Å². The largest absolute Gasteiger partial charge is 0.376 e. The van der Waals surface area contributed by atoms with Crippen LogP contribution in [0.1, 0.15) is 12.0 Å². The summed E-state index contributed by atoms with van der Waals surface area (Å²) in [4.78, 5) is 0. The minimum atomic E-state index is -2.46. The van der Waals surface area contributed by atoms with Crippen molar-refractivity contribution in [1.82, 2.24) is 0 Å². The molecule has 0 radical (unpaired) electrons. The summed E-state index contributed by atoms with van der Waals surface area (Å²) in [5.41, 5.74) is 1.02. The lowest BCUT2D eigenvalue weighted by atomic mass is 10.2. The minimum Gasteiger partial charge on any atom is -0.376 e. The molecule has 1 aliphatic carbocycles. The second-order valence-corrected chi connectivity index (χ2v) is 3.66. The fourth-order valence-corrected chi connectivity index (χ4v) is 1.34. The first-order chi connectivity index (χ1) is 6.68. The number of ether oxygens (including phenoxy) is 1. The molecule has 0 aliphatic heterocycles. The fraction of sp³-hybridized carbons (Fsp3) is 0.455. The third-order valence-corrected chi connectivity index (χ3v) is 2.39. The Morgan fingerprint density at radius 2 is 1.93 bits per heavy atom. The van der Waals surface area contributed by atoms with Gasteiger partial charge in [-0.3, -0.25) is 0 Å². The van der Waals surface area contributed by atoms with Crippen molar-refractivity contribution in [3.63, 3.8) is 0 Å². The van der Waals surface area contributed by atoms with Gasteiger partial charge in [-0.1, -0.05) is 30.3 Å². The molecule has 3 heteroatoms. The molecule has 0 N–H and O–H groups in total. The van der Waals surface area contributed by atoms with E-state index in [9.17, 15) is 8.78 Å². The molecule has 1 saturated carbocycles. The van der Waals surface area contributed by atoms with E-state index < -0.39 is 11.8 Å². The molecule has 1 aromatic rings. The summed E-state index contributed by atoms with van der Waals surface area (Å²) >= 11 is 0. The highest BCUT2D eigenvalue weighted by Gasteiger charge is 2.56. The molecule has 1 atom stereocenters. The standard InChI is InChI=1S/C11H12F2O/c12-11(13)6-10(11)8-14-7-9-4-2-1-3-5-9/h1-5,10H,6-8H2/t10-/m0/s1. The highest BCUT2D eigenvalue weighted by molar-refractivity contribution is 5.13. The Morgan fingerprint density at radius 3 is 2.50 bits per heavy atom. The summed E-state index contributed by atoms with van der Waals surface area (Å²) in [5, 5.41) is 0. The maximum atomic E-state index is 12.4. The third kappa shape index (κ3) is 2.29. The minimum absolute atomic E-state index is 0.0121. The Bertz CT molecular complexity index is 297. The van der Waals surface area contributed by atoms with Crippen molar-refractivity contribution in [3.8, 4) is 0 Å². The summed E-state index contributed by atoms with van der Waals surface area (Å²) < 4.78 is 30.1. The van der Waals surface area contributed by atoms with Crippen LogP contribution in [0, 0.1) is 5.92 Å². The first-order valence-electron chi connectivity index (χ1n) is 4.68. The number of alkyl halides is 2. The van der Waals surface area contributed by atoms with Crippen molar-refractivity contribution in [2.75, 3.05) is 6.61 Å². The van der Waals surface area contributed by atoms with Gasteiger partial charge in [-0.15, -0.1) is 0 Å². The number of benzene rings is 1. The molecule has 1 nitrogen and oxygen atoms in total. The molecule has 2 rings (SSSR count). The molecule has 76 valence electrons. The van der Waals surface area contributed by atoms with Crippen LogP contribution in [-0.2, 0) is 11.3 Å². The molecule has 0 heterocycles. The zero-order valence-electron chi connectivity index (χ0n) is 7.75. The molecular formula is C11H12F2O. The van der Waals surface area contributed by atoms with Crippen LogP contribution in [0.4, 0.5) is 8.78 Å². The number of hydrogen-bond acceptors (Lipinski definition) is 1. The molecule has 0 spiro atoms. The SMILES string of the molecule is FC1(F)C[C@H]1COCc1ccccc1. The molecule has 0 saturated heterocycles. The van der Waals surface area contributed by atoms with Crippen molar-refractivity contribution in [1.29, 1.82) is 0 Å². The van der Waals surface area contributed by atoms with Gasteiger partial charge in [0.15, 0.2) is 0 Å². The number of halogens is 2. The monoisotopic (exact) mass is 198 g/mol. The second kappa shape index (κ2) is 3.65. The molecule has 0 unspecified atom stereocenters. The average Bonchev–Trinajstić information content (AvgIpc) is 2.76. The summed E-state index contributed by atoms with van der Waals surface area (Å²) in [6.07, 6.45) is -0.0121. The van der Waals surface area contributed by atoms with Crippen LogP contribution in [0.2, 0.25) is 0 Å². The lowest BCUT2D eigenvalue weighted by Gasteiger charge is -2.02. The summed E-state index contributed by atoms with van der Waals surface area (Å²) in [5.74, 6) is -3.01. The number of rotatable bonds is 4. The van der Waals surface area contributed by atoms with Crippen LogP contribution in [0.15, 0.2) is 30.3 Å². The van der Waals surface area contributed by atoms with E-state index in [1.165, 1.54) is 0 Å². The first-order valence-corrected chi connectivity index (χ1v) is 4.68.